The van der Waals surface area contributed by atoms with E-state index in [9.17, 15) is 10.2 Å². The molecule has 2 N–H and O–H groups in total. The van der Waals surface area contributed by atoms with Crippen LogP contribution in [0.1, 0.15) is 38.5 Å². The van der Waals surface area contributed by atoms with Crippen molar-refractivity contribution in [1.82, 2.24) is 0 Å². The lowest BCUT2D eigenvalue weighted by Crippen LogP contribution is -2.42. The minimum absolute atomic E-state index is 0.00153. The summed E-state index contributed by atoms with van der Waals surface area (Å²) in [5, 5.41) is 18.8. The predicted molar refractivity (Wildman–Crippen MR) is 85.3 cm³/mol. The zero-order valence-corrected chi connectivity index (χ0v) is 13.6. The number of hydrogen-bond acceptors (Lipinski definition) is 4. The Hall–Kier alpha value is -0.940. The van der Waals surface area contributed by atoms with Crippen LogP contribution < -0.4 is 0 Å². The second kappa shape index (κ2) is 8.06. The maximum atomic E-state index is 9.39. The van der Waals surface area contributed by atoms with Gasteiger partial charge in [0, 0.05) is 30.1 Å². The Labute approximate surface area is 133 Å². The van der Waals surface area contributed by atoms with Gasteiger partial charge in [-0.05, 0) is 18.8 Å². The first-order valence-electron chi connectivity index (χ1n) is 8.08. The lowest BCUT2D eigenvalue weighted by atomic mass is 9.74. The van der Waals surface area contributed by atoms with E-state index in [4.69, 9.17) is 9.47 Å². The van der Waals surface area contributed by atoms with E-state index in [0.29, 0.717) is 19.1 Å². The standard InChI is InChI=1S/C18H28O4/c1-14(2)8-18(9-15(10-19)11-20)12-21-17(22-13-18)16-6-4-3-5-7-16/h3-7,14-15,17,19-20H,8-13H2,1-2H3. The van der Waals surface area contributed by atoms with Crippen molar-refractivity contribution >= 4 is 0 Å². The van der Waals surface area contributed by atoms with E-state index in [0.717, 1.165) is 18.4 Å². The molecule has 4 nitrogen and oxygen atoms in total. The van der Waals surface area contributed by atoms with E-state index < -0.39 is 0 Å². The molecule has 0 amide bonds. The summed E-state index contributed by atoms with van der Waals surface area (Å²) in [5.74, 6) is 0.401. The van der Waals surface area contributed by atoms with Crippen LogP contribution in [0.2, 0.25) is 0 Å². The van der Waals surface area contributed by atoms with Crippen LogP contribution in [0.25, 0.3) is 0 Å². The molecule has 22 heavy (non-hydrogen) atoms. The molecule has 0 unspecified atom stereocenters. The van der Waals surface area contributed by atoms with Gasteiger partial charge in [0.2, 0.25) is 0 Å². The molecule has 1 aromatic rings. The molecule has 1 fully saturated rings. The maximum absolute atomic E-state index is 9.39. The molecule has 1 aromatic carbocycles. The molecular weight excluding hydrogens is 280 g/mol. The SMILES string of the molecule is CC(C)CC1(CC(CO)CO)COC(c2ccccc2)OC1. The second-order valence-electron chi connectivity index (χ2n) is 6.90. The third-order valence-electron chi connectivity index (χ3n) is 4.23. The average molecular weight is 308 g/mol. The zero-order chi connectivity index (χ0) is 16.0. The minimum atomic E-state index is -0.316. The van der Waals surface area contributed by atoms with E-state index in [2.05, 4.69) is 13.8 Å². The number of benzene rings is 1. The van der Waals surface area contributed by atoms with Crippen LogP contribution in [0, 0.1) is 17.3 Å². The summed E-state index contributed by atoms with van der Waals surface area (Å²) in [4.78, 5) is 0. The van der Waals surface area contributed by atoms with Crippen LogP contribution in [0.15, 0.2) is 30.3 Å². The highest BCUT2D eigenvalue weighted by atomic mass is 16.7. The van der Waals surface area contributed by atoms with Crippen LogP contribution in [0.5, 0.6) is 0 Å². The molecule has 0 saturated carbocycles. The minimum Gasteiger partial charge on any atom is -0.396 e. The van der Waals surface area contributed by atoms with Crippen LogP contribution in [0.3, 0.4) is 0 Å². The molecule has 0 bridgehead atoms. The largest absolute Gasteiger partial charge is 0.396 e. The molecule has 0 radical (unpaired) electrons. The van der Waals surface area contributed by atoms with Crippen LogP contribution in [-0.4, -0.2) is 36.6 Å². The average Bonchev–Trinajstić information content (AvgIpc) is 2.53. The van der Waals surface area contributed by atoms with Gasteiger partial charge in [-0.15, -0.1) is 0 Å². The van der Waals surface area contributed by atoms with Crippen molar-refractivity contribution in [2.24, 2.45) is 17.3 Å². The summed E-state index contributed by atoms with van der Waals surface area (Å²) in [6, 6.07) is 9.94. The summed E-state index contributed by atoms with van der Waals surface area (Å²) < 4.78 is 12.0. The first kappa shape index (κ1) is 17.4. The van der Waals surface area contributed by atoms with Gasteiger partial charge in [-0.25, -0.2) is 0 Å². The molecule has 2 rings (SSSR count). The van der Waals surface area contributed by atoms with Gasteiger partial charge in [0.05, 0.1) is 13.2 Å². The van der Waals surface area contributed by atoms with E-state index in [-0.39, 0.29) is 30.8 Å². The van der Waals surface area contributed by atoms with Crippen molar-refractivity contribution in [3.05, 3.63) is 35.9 Å². The Bertz CT molecular complexity index is 420. The van der Waals surface area contributed by atoms with Crippen molar-refractivity contribution in [3.63, 3.8) is 0 Å². The monoisotopic (exact) mass is 308 g/mol. The van der Waals surface area contributed by atoms with Gasteiger partial charge in [-0.3, -0.25) is 0 Å². The van der Waals surface area contributed by atoms with Crippen molar-refractivity contribution < 1.29 is 19.7 Å². The molecule has 0 atom stereocenters. The maximum Gasteiger partial charge on any atom is 0.183 e. The number of aliphatic hydroxyl groups is 2. The van der Waals surface area contributed by atoms with Gasteiger partial charge >= 0.3 is 0 Å². The van der Waals surface area contributed by atoms with Crippen LogP contribution in [0.4, 0.5) is 0 Å². The summed E-state index contributed by atoms with van der Waals surface area (Å²) in [5.41, 5.74) is 0.900. The molecule has 0 aromatic heterocycles. The predicted octanol–water partition coefficient (Wildman–Crippen LogP) is 2.76. The highest BCUT2D eigenvalue weighted by molar-refractivity contribution is 5.16. The third kappa shape index (κ3) is 4.53. The highest BCUT2D eigenvalue weighted by Crippen LogP contribution is 2.40. The van der Waals surface area contributed by atoms with Gasteiger partial charge in [0.15, 0.2) is 6.29 Å². The van der Waals surface area contributed by atoms with Gasteiger partial charge in [-0.2, -0.15) is 0 Å². The Morgan fingerprint density at radius 1 is 1.05 bits per heavy atom. The molecule has 1 heterocycles. The fourth-order valence-electron chi connectivity index (χ4n) is 3.38. The quantitative estimate of drug-likeness (QED) is 0.813. The van der Waals surface area contributed by atoms with Crippen LogP contribution >= 0.6 is 0 Å². The molecule has 0 spiro atoms. The summed E-state index contributed by atoms with van der Waals surface area (Å²) in [6.07, 6.45) is 1.37. The van der Waals surface area contributed by atoms with Gasteiger partial charge in [0.25, 0.3) is 0 Å². The zero-order valence-electron chi connectivity index (χ0n) is 13.6. The molecule has 1 saturated heterocycles. The first-order chi connectivity index (χ1) is 10.6. The smallest absolute Gasteiger partial charge is 0.183 e. The van der Waals surface area contributed by atoms with E-state index in [1.165, 1.54) is 0 Å². The summed E-state index contributed by atoms with van der Waals surface area (Å²) in [7, 11) is 0. The van der Waals surface area contributed by atoms with Crippen LogP contribution in [-0.2, 0) is 9.47 Å². The number of aliphatic hydroxyl groups excluding tert-OH is 2. The number of ether oxygens (including phenoxy) is 2. The number of hydrogen-bond donors (Lipinski definition) is 2. The molecule has 124 valence electrons. The summed E-state index contributed by atoms with van der Waals surface area (Å²) >= 11 is 0. The molecule has 0 aliphatic carbocycles. The fourth-order valence-corrected chi connectivity index (χ4v) is 3.38. The topological polar surface area (TPSA) is 58.9 Å². The van der Waals surface area contributed by atoms with Crippen molar-refractivity contribution in [1.29, 1.82) is 0 Å². The highest BCUT2D eigenvalue weighted by Gasteiger charge is 2.39. The van der Waals surface area contributed by atoms with Crippen molar-refractivity contribution in [2.75, 3.05) is 26.4 Å². The van der Waals surface area contributed by atoms with Gasteiger partial charge in [-0.1, -0.05) is 44.2 Å². The van der Waals surface area contributed by atoms with E-state index in [1.54, 1.807) is 0 Å². The Balaban J connectivity index is 2.03. The van der Waals surface area contributed by atoms with Crippen molar-refractivity contribution in [3.8, 4) is 0 Å². The Morgan fingerprint density at radius 2 is 1.64 bits per heavy atom. The van der Waals surface area contributed by atoms with E-state index in [1.807, 2.05) is 30.3 Å². The molecular formula is C18H28O4. The molecule has 1 aliphatic rings. The Kier molecular flexibility index (Phi) is 6.38. The number of rotatable bonds is 7. The molecule has 4 heteroatoms. The summed E-state index contributed by atoms with van der Waals surface area (Å²) in [6.45, 7) is 5.55. The lowest BCUT2D eigenvalue weighted by Gasteiger charge is -2.42. The molecule has 1 aliphatic heterocycles. The fraction of sp³-hybridized carbons (Fsp3) is 0.667. The van der Waals surface area contributed by atoms with Gasteiger partial charge < -0.3 is 19.7 Å². The lowest BCUT2D eigenvalue weighted by molar-refractivity contribution is -0.242. The normalized spacial score (nSPS) is 25.8. The van der Waals surface area contributed by atoms with E-state index >= 15 is 0 Å². The Morgan fingerprint density at radius 3 is 2.14 bits per heavy atom. The second-order valence-corrected chi connectivity index (χ2v) is 6.90. The van der Waals surface area contributed by atoms with Gasteiger partial charge in [0.1, 0.15) is 0 Å². The van der Waals surface area contributed by atoms with Crippen molar-refractivity contribution in [2.45, 2.75) is 33.0 Å². The first-order valence-corrected chi connectivity index (χ1v) is 8.08. The third-order valence-corrected chi connectivity index (χ3v) is 4.23.